The highest BCUT2D eigenvalue weighted by Gasteiger charge is 2.29. The molecule has 3 heterocycles. The topological polar surface area (TPSA) is 85.0 Å². The first-order valence-corrected chi connectivity index (χ1v) is 8.90. The summed E-state index contributed by atoms with van der Waals surface area (Å²) in [6.07, 6.45) is 2.99. The minimum atomic E-state index is -0.0441. The fourth-order valence-electron chi connectivity index (χ4n) is 3.58. The van der Waals surface area contributed by atoms with Gasteiger partial charge in [-0.1, -0.05) is 18.2 Å². The molecular formula is C20H21N5O. The number of carbonyl (C=O) groups excluding carboxylic acids is 1. The highest BCUT2D eigenvalue weighted by Crippen LogP contribution is 2.32. The number of benzene rings is 1. The van der Waals surface area contributed by atoms with E-state index in [0.717, 1.165) is 36.9 Å². The Bertz CT molecular complexity index is 957. The van der Waals surface area contributed by atoms with Crippen LogP contribution in [0.4, 0.5) is 5.82 Å². The van der Waals surface area contributed by atoms with E-state index in [0.29, 0.717) is 22.9 Å². The zero-order chi connectivity index (χ0) is 18.1. The number of aromatic nitrogens is 3. The first-order valence-electron chi connectivity index (χ1n) is 8.90. The minimum Gasteiger partial charge on any atom is -0.383 e. The van der Waals surface area contributed by atoms with Crippen LogP contribution in [0.1, 0.15) is 47.2 Å². The van der Waals surface area contributed by atoms with E-state index < -0.39 is 0 Å². The molecule has 0 aliphatic carbocycles. The number of nitrogens with zero attached hydrogens (tertiary/aromatic N) is 4. The van der Waals surface area contributed by atoms with E-state index in [1.165, 1.54) is 0 Å². The number of nitrogen functional groups attached to an aromatic ring is 1. The molecule has 4 rings (SSSR count). The molecule has 0 radical (unpaired) electrons. The molecule has 1 saturated heterocycles. The molecule has 1 atom stereocenters. The van der Waals surface area contributed by atoms with Crippen molar-refractivity contribution in [3.63, 3.8) is 0 Å². The summed E-state index contributed by atoms with van der Waals surface area (Å²) in [4.78, 5) is 28.3. The van der Waals surface area contributed by atoms with Crippen molar-refractivity contribution in [3.05, 3.63) is 59.5 Å². The number of anilines is 1. The molecule has 2 aromatic heterocycles. The predicted molar refractivity (Wildman–Crippen MR) is 101 cm³/mol. The van der Waals surface area contributed by atoms with Crippen LogP contribution >= 0.6 is 0 Å². The summed E-state index contributed by atoms with van der Waals surface area (Å²) in [6.45, 7) is 2.54. The number of amides is 1. The average Bonchev–Trinajstić information content (AvgIpc) is 2.67. The lowest BCUT2D eigenvalue weighted by Gasteiger charge is -2.35. The molecular weight excluding hydrogens is 326 g/mol. The molecule has 132 valence electrons. The first kappa shape index (κ1) is 16.4. The summed E-state index contributed by atoms with van der Waals surface area (Å²) in [5.74, 6) is 1.09. The van der Waals surface area contributed by atoms with Crippen LogP contribution in [0.15, 0.2) is 42.5 Å². The zero-order valence-corrected chi connectivity index (χ0v) is 14.7. The van der Waals surface area contributed by atoms with Gasteiger partial charge in [-0.15, -0.1) is 0 Å². The number of aryl methyl sites for hydroxylation is 1. The highest BCUT2D eigenvalue weighted by atomic mass is 16.2. The molecule has 1 aliphatic heterocycles. The van der Waals surface area contributed by atoms with E-state index >= 15 is 0 Å². The third kappa shape index (κ3) is 2.98. The lowest BCUT2D eigenvalue weighted by molar-refractivity contribution is 0.0606. The van der Waals surface area contributed by atoms with Gasteiger partial charge in [0.25, 0.3) is 5.91 Å². The van der Waals surface area contributed by atoms with Crippen LogP contribution in [0.5, 0.6) is 0 Å². The number of hydrogen-bond donors (Lipinski definition) is 1. The Balaban J connectivity index is 1.72. The summed E-state index contributed by atoms with van der Waals surface area (Å²) in [5.41, 5.74) is 8.14. The highest BCUT2D eigenvalue weighted by molar-refractivity contribution is 5.94. The van der Waals surface area contributed by atoms with Crippen molar-refractivity contribution in [3.8, 4) is 0 Å². The van der Waals surface area contributed by atoms with Gasteiger partial charge in [-0.2, -0.15) is 0 Å². The lowest BCUT2D eigenvalue weighted by Crippen LogP contribution is -2.38. The third-order valence-electron chi connectivity index (χ3n) is 4.85. The molecule has 3 aromatic rings. The average molecular weight is 347 g/mol. The van der Waals surface area contributed by atoms with Gasteiger partial charge < -0.3 is 10.6 Å². The molecule has 1 fully saturated rings. The Hall–Kier alpha value is -3.02. The molecule has 0 spiro atoms. The molecule has 0 unspecified atom stereocenters. The zero-order valence-electron chi connectivity index (χ0n) is 14.7. The maximum Gasteiger partial charge on any atom is 0.254 e. The van der Waals surface area contributed by atoms with E-state index in [1.54, 1.807) is 6.92 Å². The van der Waals surface area contributed by atoms with Crippen molar-refractivity contribution >= 4 is 22.8 Å². The predicted octanol–water partition coefficient (Wildman–Crippen LogP) is 3.28. The quantitative estimate of drug-likeness (QED) is 0.769. The molecule has 1 aromatic carbocycles. The molecule has 1 aliphatic rings. The monoisotopic (exact) mass is 347 g/mol. The van der Waals surface area contributed by atoms with Crippen molar-refractivity contribution in [2.75, 3.05) is 12.3 Å². The maximum absolute atomic E-state index is 13.0. The first-order chi connectivity index (χ1) is 12.6. The van der Waals surface area contributed by atoms with Crippen LogP contribution in [0.2, 0.25) is 0 Å². The van der Waals surface area contributed by atoms with Crippen molar-refractivity contribution < 1.29 is 4.79 Å². The normalized spacial score (nSPS) is 17.4. The van der Waals surface area contributed by atoms with Crippen LogP contribution in [0, 0.1) is 6.92 Å². The summed E-state index contributed by atoms with van der Waals surface area (Å²) >= 11 is 0. The number of nitrogens with two attached hydrogens (primary N) is 1. The van der Waals surface area contributed by atoms with Crippen molar-refractivity contribution in [2.24, 2.45) is 0 Å². The van der Waals surface area contributed by atoms with Gasteiger partial charge in [0.1, 0.15) is 11.6 Å². The van der Waals surface area contributed by atoms with Gasteiger partial charge in [0.15, 0.2) is 5.65 Å². The van der Waals surface area contributed by atoms with Gasteiger partial charge in [-0.25, -0.2) is 15.0 Å². The third-order valence-corrected chi connectivity index (χ3v) is 4.85. The molecule has 2 N–H and O–H groups in total. The molecule has 0 bridgehead atoms. The Morgan fingerprint density at radius 2 is 1.88 bits per heavy atom. The lowest BCUT2D eigenvalue weighted by atomic mass is 9.97. The van der Waals surface area contributed by atoms with Gasteiger partial charge in [0.05, 0.1) is 17.1 Å². The van der Waals surface area contributed by atoms with Crippen LogP contribution in [-0.4, -0.2) is 32.3 Å². The Morgan fingerprint density at radius 3 is 2.69 bits per heavy atom. The number of likely N-dealkylation sites (tertiary alicyclic amines) is 1. The van der Waals surface area contributed by atoms with Crippen molar-refractivity contribution in [1.29, 1.82) is 0 Å². The summed E-state index contributed by atoms with van der Waals surface area (Å²) in [6, 6.07) is 13.2. The second-order valence-corrected chi connectivity index (χ2v) is 6.64. The fourth-order valence-corrected chi connectivity index (χ4v) is 3.58. The van der Waals surface area contributed by atoms with E-state index in [4.69, 9.17) is 10.7 Å². The number of rotatable bonds is 2. The molecule has 6 nitrogen and oxygen atoms in total. The van der Waals surface area contributed by atoms with E-state index in [2.05, 4.69) is 9.97 Å². The number of carbonyl (C=O) groups is 1. The van der Waals surface area contributed by atoms with E-state index in [-0.39, 0.29) is 11.9 Å². The van der Waals surface area contributed by atoms with E-state index in [1.807, 2.05) is 47.4 Å². The van der Waals surface area contributed by atoms with Gasteiger partial charge in [0, 0.05) is 12.1 Å². The van der Waals surface area contributed by atoms with Crippen molar-refractivity contribution in [2.45, 2.75) is 32.2 Å². The van der Waals surface area contributed by atoms with Gasteiger partial charge in [-0.05, 0) is 50.5 Å². The number of piperidine rings is 1. The number of pyridine rings is 1. The molecule has 1 amide bonds. The van der Waals surface area contributed by atoms with Gasteiger partial charge >= 0.3 is 0 Å². The number of fused-ring (bicyclic) bond motifs is 1. The SMILES string of the molecule is Cc1nc(N)c2ccc([C@H]3CCCCN3C(=O)c3ccccc3)nc2n1. The maximum atomic E-state index is 13.0. The summed E-state index contributed by atoms with van der Waals surface area (Å²) in [5, 5.41) is 0.746. The Labute approximate surface area is 152 Å². The second-order valence-electron chi connectivity index (χ2n) is 6.64. The van der Waals surface area contributed by atoms with Gasteiger partial charge in [0.2, 0.25) is 0 Å². The van der Waals surface area contributed by atoms with Crippen LogP contribution < -0.4 is 5.73 Å². The fraction of sp³-hybridized carbons (Fsp3) is 0.300. The van der Waals surface area contributed by atoms with Crippen LogP contribution in [-0.2, 0) is 0 Å². The number of hydrogen-bond acceptors (Lipinski definition) is 5. The summed E-state index contributed by atoms with van der Waals surface area (Å²) in [7, 11) is 0. The van der Waals surface area contributed by atoms with Crippen molar-refractivity contribution in [1.82, 2.24) is 19.9 Å². The van der Waals surface area contributed by atoms with Gasteiger partial charge in [-0.3, -0.25) is 4.79 Å². The summed E-state index contributed by atoms with van der Waals surface area (Å²) < 4.78 is 0. The smallest absolute Gasteiger partial charge is 0.254 e. The Morgan fingerprint density at radius 1 is 1.08 bits per heavy atom. The minimum absolute atomic E-state index is 0.0441. The molecule has 0 saturated carbocycles. The van der Waals surface area contributed by atoms with E-state index in [9.17, 15) is 4.79 Å². The van der Waals surface area contributed by atoms with Crippen LogP contribution in [0.25, 0.3) is 11.0 Å². The molecule has 6 heteroatoms. The molecule has 26 heavy (non-hydrogen) atoms. The standard InChI is InChI=1S/C20H21N5O/c1-13-22-18(21)15-10-11-16(24-19(15)23-13)17-9-5-6-12-25(17)20(26)14-7-3-2-4-8-14/h2-4,7-8,10-11,17H,5-6,9,12H2,1H3,(H2,21,22,23,24)/t17-/m1/s1. The largest absolute Gasteiger partial charge is 0.383 e. The second kappa shape index (κ2) is 6.71. The van der Waals surface area contributed by atoms with Crippen LogP contribution in [0.3, 0.4) is 0 Å². The Kier molecular flexibility index (Phi) is 4.24.